The fourth-order valence-electron chi connectivity index (χ4n) is 7.00. The molecule has 5 aromatic carbocycles. The zero-order valence-electron chi connectivity index (χ0n) is 28.8. The van der Waals surface area contributed by atoms with Gasteiger partial charge in [0, 0.05) is 24.6 Å². The number of aliphatic hydroxyl groups excluding tert-OH is 2. The molecule has 0 spiro atoms. The van der Waals surface area contributed by atoms with Crippen LogP contribution in [0.4, 0.5) is 0 Å². The molecule has 8 nitrogen and oxygen atoms in total. The highest BCUT2D eigenvalue weighted by atomic mass is 16.7. The minimum atomic E-state index is -0.652. The van der Waals surface area contributed by atoms with Crippen molar-refractivity contribution in [3.8, 4) is 11.1 Å². The Morgan fingerprint density at radius 3 is 1.98 bits per heavy atom. The van der Waals surface area contributed by atoms with Crippen LogP contribution in [0.1, 0.15) is 80.4 Å². The van der Waals surface area contributed by atoms with E-state index in [1.807, 2.05) is 117 Å². The second kappa shape index (κ2) is 15.1. The summed E-state index contributed by atoms with van der Waals surface area (Å²) in [5.41, 5.74) is 7.18. The molecular weight excluding hydrogens is 640 g/mol. The fraction of sp³-hybridized carbons (Fsp3) is 0.256. The zero-order chi connectivity index (χ0) is 35.5. The lowest BCUT2D eigenvalue weighted by molar-refractivity contribution is -0.253. The van der Waals surface area contributed by atoms with E-state index in [2.05, 4.69) is 4.90 Å². The van der Waals surface area contributed by atoms with Crippen LogP contribution < -0.4 is 0 Å². The number of imide groups is 1. The van der Waals surface area contributed by atoms with E-state index < -0.39 is 12.4 Å². The Morgan fingerprint density at radius 1 is 0.745 bits per heavy atom. The smallest absolute Gasteiger partial charge is 0.261 e. The van der Waals surface area contributed by atoms with Crippen molar-refractivity contribution in [2.24, 2.45) is 0 Å². The first-order valence-corrected chi connectivity index (χ1v) is 17.4. The van der Waals surface area contributed by atoms with E-state index in [-0.39, 0.29) is 43.2 Å². The molecule has 2 amide bonds. The lowest BCUT2D eigenvalue weighted by Gasteiger charge is -2.39. The molecule has 0 aliphatic carbocycles. The van der Waals surface area contributed by atoms with Gasteiger partial charge in [0.05, 0.1) is 42.6 Å². The van der Waals surface area contributed by atoms with E-state index in [9.17, 15) is 19.8 Å². The summed E-state index contributed by atoms with van der Waals surface area (Å²) in [6, 6.07) is 40.1. The van der Waals surface area contributed by atoms with Crippen molar-refractivity contribution in [3.63, 3.8) is 0 Å². The summed E-state index contributed by atoms with van der Waals surface area (Å²) in [6.45, 7) is 2.74. The molecule has 1 saturated heterocycles. The molecule has 260 valence electrons. The summed E-state index contributed by atoms with van der Waals surface area (Å²) in [7, 11) is 2.00. The molecule has 0 aromatic heterocycles. The van der Waals surface area contributed by atoms with Gasteiger partial charge in [-0.15, -0.1) is 0 Å². The molecule has 1 fully saturated rings. The van der Waals surface area contributed by atoms with Gasteiger partial charge in [0.15, 0.2) is 6.29 Å². The molecule has 0 radical (unpaired) electrons. The second-order valence-corrected chi connectivity index (χ2v) is 13.4. The minimum Gasteiger partial charge on any atom is -0.392 e. The van der Waals surface area contributed by atoms with Crippen LogP contribution in [-0.2, 0) is 22.6 Å². The summed E-state index contributed by atoms with van der Waals surface area (Å²) in [4.78, 5) is 29.7. The first-order chi connectivity index (χ1) is 24.8. The molecular formula is C43H42N2O6. The third-order valence-electron chi connectivity index (χ3n) is 10.1. The highest BCUT2D eigenvalue weighted by molar-refractivity contribution is 6.21. The standard InChI is InChI=1S/C43H42N2O6/c1-28(40(47)32-10-4-3-5-11-32)44(2)26-35-24-39(31-18-16-29(27-46)17-19-31)51-43(50-35)33-22-20-30(21-23-33)36-13-7-6-12-34(36)25-45-41(48)37-14-8-9-15-38(37)42(45)49/h3-23,28,35,39-40,43,46-47H,24-27H2,1-2H3/t28-,35-,39+,40-,43+/m0/s1. The van der Waals surface area contributed by atoms with E-state index in [0.717, 1.165) is 38.9 Å². The van der Waals surface area contributed by atoms with Crippen molar-refractivity contribution < 1.29 is 29.3 Å². The molecule has 2 N–H and O–H groups in total. The summed E-state index contributed by atoms with van der Waals surface area (Å²) >= 11 is 0. The highest BCUT2D eigenvalue weighted by Gasteiger charge is 2.36. The quantitative estimate of drug-likeness (QED) is 0.142. The first kappa shape index (κ1) is 34.5. The molecule has 0 bridgehead atoms. The maximum absolute atomic E-state index is 13.1. The number of fused-ring (bicyclic) bond motifs is 1. The van der Waals surface area contributed by atoms with Gasteiger partial charge in [-0.1, -0.05) is 115 Å². The molecule has 2 aliphatic rings. The fourth-order valence-corrected chi connectivity index (χ4v) is 7.00. The Morgan fingerprint density at radius 2 is 1.33 bits per heavy atom. The van der Waals surface area contributed by atoms with Crippen molar-refractivity contribution in [1.29, 1.82) is 0 Å². The van der Waals surface area contributed by atoms with Gasteiger partial charge in [-0.3, -0.25) is 19.4 Å². The number of nitrogens with zero attached hydrogens (tertiary/aromatic N) is 2. The van der Waals surface area contributed by atoms with Crippen LogP contribution in [-0.4, -0.2) is 57.6 Å². The SMILES string of the molecule is C[C@@H]([C@H](O)c1ccccc1)N(C)C[C@@H]1C[C@H](c2ccc(CO)cc2)O[C@H](c2ccc(-c3ccccc3CN3C(=O)c4ccccc4C3=O)cc2)O1. The summed E-state index contributed by atoms with van der Waals surface area (Å²) < 4.78 is 13.2. The maximum Gasteiger partial charge on any atom is 0.261 e. The molecule has 5 atom stereocenters. The predicted molar refractivity (Wildman–Crippen MR) is 194 cm³/mol. The summed E-state index contributed by atoms with van der Waals surface area (Å²) in [6.07, 6.45) is -1.11. The molecule has 7 rings (SSSR count). The summed E-state index contributed by atoms with van der Waals surface area (Å²) in [5, 5.41) is 20.7. The number of hydrogen-bond donors (Lipinski definition) is 2. The Balaban J connectivity index is 1.11. The normalized spacial score (nSPS) is 20.0. The summed E-state index contributed by atoms with van der Waals surface area (Å²) in [5.74, 6) is -0.561. The highest BCUT2D eigenvalue weighted by Crippen LogP contribution is 2.39. The number of ether oxygens (including phenoxy) is 2. The molecule has 2 aliphatic heterocycles. The average molecular weight is 683 g/mol. The van der Waals surface area contributed by atoms with Crippen molar-refractivity contribution in [2.75, 3.05) is 13.6 Å². The lowest BCUT2D eigenvalue weighted by Crippen LogP contribution is -2.43. The van der Waals surface area contributed by atoms with E-state index in [1.54, 1.807) is 24.3 Å². The van der Waals surface area contributed by atoms with Crippen LogP contribution in [0.25, 0.3) is 11.1 Å². The van der Waals surface area contributed by atoms with E-state index >= 15 is 0 Å². The van der Waals surface area contributed by atoms with E-state index in [0.29, 0.717) is 24.1 Å². The number of carbonyl (C=O) groups is 2. The number of benzene rings is 5. The molecule has 5 aromatic rings. The Kier molecular flexibility index (Phi) is 10.2. The second-order valence-electron chi connectivity index (χ2n) is 13.4. The molecule has 0 unspecified atom stereocenters. The van der Waals surface area contributed by atoms with Crippen LogP contribution in [0.5, 0.6) is 0 Å². The number of amides is 2. The van der Waals surface area contributed by atoms with Crippen LogP contribution in [0.15, 0.2) is 127 Å². The third-order valence-corrected chi connectivity index (χ3v) is 10.1. The van der Waals surface area contributed by atoms with Gasteiger partial charge in [0.25, 0.3) is 11.8 Å². The van der Waals surface area contributed by atoms with Crippen LogP contribution in [0.2, 0.25) is 0 Å². The number of aliphatic hydroxyl groups is 2. The molecule has 51 heavy (non-hydrogen) atoms. The molecule has 8 heteroatoms. The predicted octanol–water partition coefficient (Wildman–Crippen LogP) is 7.24. The van der Waals surface area contributed by atoms with Gasteiger partial charge in [0.2, 0.25) is 0 Å². The van der Waals surface area contributed by atoms with Crippen LogP contribution in [0.3, 0.4) is 0 Å². The third kappa shape index (κ3) is 7.28. The van der Waals surface area contributed by atoms with Gasteiger partial charge in [-0.05, 0) is 59.5 Å². The van der Waals surface area contributed by atoms with Gasteiger partial charge in [0.1, 0.15) is 0 Å². The van der Waals surface area contributed by atoms with Crippen molar-refractivity contribution >= 4 is 11.8 Å². The number of hydrogen-bond acceptors (Lipinski definition) is 7. The van der Waals surface area contributed by atoms with E-state index in [4.69, 9.17) is 9.47 Å². The molecule has 0 saturated carbocycles. The van der Waals surface area contributed by atoms with Crippen molar-refractivity contribution in [3.05, 3.63) is 166 Å². The Labute approximate surface area is 298 Å². The van der Waals surface area contributed by atoms with Crippen molar-refractivity contribution in [2.45, 2.75) is 57.1 Å². The Bertz CT molecular complexity index is 1950. The van der Waals surface area contributed by atoms with Crippen LogP contribution in [0, 0.1) is 0 Å². The van der Waals surface area contributed by atoms with Gasteiger partial charge in [-0.2, -0.15) is 0 Å². The number of likely N-dealkylation sites (N-methyl/N-ethyl adjacent to an activating group) is 1. The Hall–Kier alpha value is -4.96. The topological polar surface area (TPSA) is 99.5 Å². The van der Waals surface area contributed by atoms with Gasteiger partial charge in [-0.25, -0.2) is 0 Å². The van der Waals surface area contributed by atoms with Crippen molar-refractivity contribution in [1.82, 2.24) is 9.80 Å². The monoisotopic (exact) mass is 682 g/mol. The maximum atomic E-state index is 13.1. The zero-order valence-corrected chi connectivity index (χ0v) is 28.8. The van der Waals surface area contributed by atoms with Crippen LogP contribution >= 0.6 is 0 Å². The lowest BCUT2D eigenvalue weighted by atomic mass is 9.97. The van der Waals surface area contributed by atoms with Gasteiger partial charge >= 0.3 is 0 Å². The average Bonchev–Trinajstić information content (AvgIpc) is 3.42. The van der Waals surface area contributed by atoms with Gasteiger partial charge < -0.3 is 19.7 Å². The number of rotatable bonds is 11. The first-order valence-electron chi connectivity index (χ1n) is 17.4. The number of carbonyl (C=O) groups excluding carboxylic acids is 2. The largest absolute Gasteiger partial charge is 0.392 e. The van der Waals surface area contributed by atoms with E-state index in [1.165, 1.54) is 4.90 Å². The molecule has 2 heterocycles. The minimum absolute atomic E-state index is 0.0274.